The lowest BCUT2D eigenvalue weighted by Gasteiger charge is -2.15. The number of nitrogens with zero attached hydrogens (tertiary/aromatic N) is 4. The molecule has 1 N–H and O–H groups in total. The molecule has 0 radical (unpaired) electrons. The number of fused-ring (bicyclic) bond motifs is 3. The summed E-state index contributed by atoms with van der Waals surface area (Å²) in [5, 5.41) is 12.9. The van der Waals surface area contributed by atoms with E-state index < -0.39 is 0 Å². The predicted octanol–water partition coefficient (Wildman–Crippen LogP) is 5.08. The lowest BCUT2D eigenvalue weighted by atomic mass is 10.2. The van der Waals surface area contributed by atoms with Crippen LogP contribution in [0.1, 0.15) is 33.2 Å². The maximum atomic E-state index is 12.9. The van der Waals surface area contributed by atoms with Gasteiger partial charge in [0.25, 0.3) is 0 Å². The van der Waals surface area contributed by atoms with Crippen molar-refractivity contribution >= 4 is 45.4 Å². The van der Waals surface area contributed by atoms with Crippen LogP contribution < -0.4 is 10.1 Å². The van der Waals surface area contributed by atoms with Crippen molar-refractivity contribution in [2.75, 3.05) is 12.4 Å². The number of anilines is 1. The lowest BCUT2D eigenvalue weighted by molar-refractivity contribution is -0.115. The number of nitrogens with one attached hydrogen (secondary N) is 1. The molecule has 2 heterocycles. The number of hydrogen-bond donors (Lipinski definition) is 1. The molecule has 2 aromatic heterocycles. The Morgan fingerprint density at radius 3 is 2.61 bits per heavy atom. The van der Waals surface area contributed by atoms with Crippen LogP contribution >= 0.6 is 11.8 Å². The second-order valence-electron chi connectivity index (χ2n) is 7.45. The highest BCUT2D eigenvalue weighted by atomic mass is 32.2. The monoisotopic (exact) mass is 435 g/mol. The number of ether oxygens (including phenoxy) is 1. The molecule has 0 fully saturated rings. The van der Waals surface area contributed by atoms with Crippen molar-refractivity contribution in [1.82, 2.24) is 19.7 Å². The normalized spacial score (nSPS) is 12.4. The minimum atomic E-state index is -0.360. The van der Waals surface area contributed by atoms with Gasteiger partial charge in [0.1, 0.15) is 11.3 Å². The number of carbonyl (C=O) groups excluding carboxylic acids is 1. The van der Waals surface area contributed by atoms with Crippen molar-refractivity contribution in [3.05, 3.63) is 48.5 Å². The van der Waals surface area contributed by atoms with Crippen molar-refractivity contribution in [2.45, 2.75) is 43.6 Å². The largest absolute Gasteiger partial charge is 0.495 e. The Morgan fingerprint density at radius 1 is 1.13 bits per heavy atom. The van der Waals surface area contributed by atoms with Crippen molar-refractivity contribution in [3.63, 3.8) is 0 Å². The fourth-order valence-corrected chi connectivity index (χ4v) is 4.44. The van der Waals surface area contributed by atoms with E-state index in [-0.39, 0.29) is 17.2 Å². The third kappa shape index (κ3) is 4.07. The fourth-order valence-electron chi connectivity index (χ4n) is 3.63. The van der Waals surface area contributed by atoms with Crippen LogP contribution in [0.2, 0.25) is 0 Å². The Labute approximate surface area is 185 Å². The van der Waals surface area contributed by atoms with Gasteiger partial charge in [0, 0.05) is 11.4 Å². The van der Waals surface area contributed by atoms with E-state index in [1.54, 1.807) is 7.11 Å². The molecule has 8 heteroatoms. The number of methoxy groups -OCH3 is 1. The van der Waals surface area contributed by atoms with Gasteiger partial charge in [-0.05, 0) is 38.5 Å². The lowest BCUT2D eigenvalue weighted by Crippen LogP contribution is -2.25. The first-order valence-corrected chi connectivity index (χ1v) is 11.1. The van der Waals surface area contributed by atoms with E-state index in [0.717, 1.165) is 22.1 Å². The molecule has 2 aromatic carbocycles. The van der Waals surface area contributed by atoms with Crippen LogP contribution in [0.25, 0.3) is 22.1 Å². The molecule has 0 bridgehead atoms. The summed E-state index contributed by atoms with van der Waals surface area (Å²) in [6.07, 6.45) is 0.625. The van der Waals surface area contributed by atoms with E-state index in [9.17, 15) is 4.79 Å². The molecule has 0 spiro atoms. The zero-order valence-electron chi connectivity index (χ0n) is 18.0. The maximum Gasteiger partial charge on any atom is 0.238 e. The minimum absolute atomic E-state index is 0.120. The average molecular weight is 436 g/mol. The summed E-state index contributed by atoms with van der Waals surface area (Å²) in [5.74, 6) is 0.501. The number of benzene rings is 2. The smallest absolute Gasteiger partial charge is 0.238 e. The number of thioether (sulfide) groups is 1. The molecule has 160 valence electrons. The summed E-state index contributed by atoms with van der Waals surface area (Å²) in [6.45, 7) is 6.21. The van der Waals surface area contributed by atoms with Gasteiger partial charge in [-0.25, -0.2) is 4.98 Å². The third-order valence-corrected chi connectivity index (χ3v) is 6.30. The Hall–Kier alpha value is -3.13. The van der Waals surface area contributed by atoms with Crippen LogP contribution in [0, 0.1) is 0 Å². The van der Waals surface area contributed by atoms with Gasteiger partial charge in [-0.2, -0.15) is 0 Å². The van der Waals surface area contributed by atoms with E-state index in [2.05, 4.69) is 40.0 Å². The van der Waals surface area contributed by atoms with Crippen molar-refractivity contribution in [1.29, 1.82) is 0 Å². The standard InChI is InChI=1S/C23H25N5O2S/c1-5-19(22(29)24-16-11-7-9-13-18(16)30-4)31-23-25-21-20(26-27-23)15-10-6-8-12-17(15)28(21)14(2)3/h6-14,19H,5H2,1-4H3,(H,24,29)/t19-/m1/s1. The van der Waals surface area contributed by atoms with Gasteiger partial charge in [0.15, 0.2) is 5.65 Å². The van der Waals surface area contributed by atoms with Crippen LogP contribution in [0.4, 0.5) is 5.69 Å². The third-order valence-electron chi connectivity index (χ3n) is 5.09. The van der Waals surface area contributed by atoms with Crippen LogP contribution in [-0.4, -0.2) is 38.0 Å². The predicted molar refractivity (Wildman–Crippen MR) is 125 cm³/mol. The molecule has 7 nitrogen and oxygen atoms in total. The highest BCUT2D eigenvalue weighted by Crippen LogP contribution is 2.31. The van der Waals surface area contributed by atoms with Crippen molar-refractivity contribution in [3.8, 4) is 5.75 Å². The zero-order chi connectivity index (χ0) is 22.0. The molecular formula is C23H25N5O2S. The van der Waals surface area contributed by atoms with Crippen molar-refractivity contribution in [2.24, 2.45) is 0 Å². The number of hydrogen-bond acceptors (Lipinski definition) is 6. The number of carbonyl (C=O) groups is 1. The summed E-state index contributed by atoms with van der Waals surface area (Å²) in [6, 6.07) is 15.7. The van der Waals surface area contributed by atoms with Crippen LogP contribution in [0.5, 0.6) is 5.75 Å². The van der Waals surface area contributed by atoms with E-state index >= 15 is 0 Å². The molecule has 0 aliphatic carbocycles. The molecule has 0 saturated carbocycles. The Bertz CT molecular complexity index is 1240. The average Bonchev–Trinajstić information content (AvgIpc) is 3.11. The van der Waals surface area contributed by atoms with Gasteiger partial charge in [-0.3, -0.25) is 4.79 Å². The maximum absolute atomic E-state index is 12.9. The second-order valence-corrected chi connectivity index (χ2v) is 8.62. The van der Waals surface area contributed by atoms with Crippen LogP contribution in [0.3, 0.4) is 0 Å². The van der Waals surface area contributed by atoms with E-state index in [1.807, 2.05) is 49.4 Å². The number of amides is 1. The Balaban J connectivity index is 1.64. The molecule has 1 atom stereocenters. The first-order valence-electron chi connectivity index (χ1n) is 10.3. The molecule has 1 amide bonds. The van der Waals surface area contributed by atoms with E-state index in [1.165, 1.54) is 11.8 Å². The van der Waals surface area contributed by atoms with E-state index in [4.69, 9.17) is 9.72 Å². The molecule has 0 unspecified atom stereocenters. The number of rotatable bonds is 7. The van der Waals surface area contributed by atoms with Gasteiger partial charge in [-0.1, -0.05) is 49.0 Å². The molecule has 0 aliphatic heterocycles. The summed E-state index contributed by atoms with van der Waals surface area (Å²) in [4.78, 5) is 17.7. The first kappa shape index (κ1) is 21.1. The van der Waals surface area contributed by atoms with Gasteiger partial charge in [0.05, 0.1) is 23.6 Å². The first-order chi connectivity index (χ1) is 15.0. The van der Waals surface area contributed by atoms with Crippen LogP contribution in [0.15, 0.2) is 53.7 Å². The SMILES string of the molecule is CC[C@@H](Sc1nnc2c3ccccc3n(C(C)C)c2n1)C(=O)Nc1ccccc1OC. The van der Waals surface area contributed by atoms with Gasteiger partial charge in [-0.15, -0.1) is 10.2 Å². The molecule has 4 rings (SSSR count). The minimum Gasteiger partial charge on any atom is -0.495 e. The summed E-state index contributed by atoms with van der Waals surface area (Å²) >= 11 is 1.32. The summed E-state index contributed by atoms with van der Waals surface area (Å²) in [7, 11) is 1.58. The van der Waals surface area contributed by atoms with Gasteiger partial charge < -0.3 is 14.6 Å². The summed E-state index contributed by atoms with van der Waals surface area (Å²) < 4.78 is 7.50. The molecular weight excluding hydrogens is 410 g/mol. The van der Waals surface area contributed by atoms with Gasteiger partial charge >= 0.3 is 0 Å². The van der Waals surface area contributed by atoms with E-state index in [0.29, 0.717) is 23.0 Å². The van der Waals surface area contributed by atoms with Crippen LogP contribution in [-0.2, 0) is 4.79 Å². The number of para-hydroxylation sites is 3. The van der Waals surface area contributed by atoms with Gasteiger partial charge in [0.2, 0.25) is 11.1 Å². The topological polar surface area (TPSA) is 81.9 Å². The quantitative estimate of drug-likeness (QED) is 0.408. The highest BCUT2D eigenvalue weighted by Gasteiger charge is 2.23. The molecule has 31 heavy (non-hydrogen) atoms. The fraction of sp³-hybridized carbons (Fsp3) is 0.304. The Kier molecular flexibility index (Phi) is 6.08. The molecule has 4 aromatic rings. The highest BCUT2D eigenvalue weighted by molar-refractivity contribution is 8.00. The Morgan fingerprint density at radius 2 is 1.87 bits per heavy atom. The van der Waals surface area contributed by atoms with Crippen molar-refractivity contribution < 1.29 is 9.53 Å². The molecule has 0 saturated heterocycles. The molecule has 0 aliphatic rings. The second kappa shape index (κ2) is 8.93. The zero-order valence-corrected chi connectivity index (χ0v) is 18.8. The number of aromatic nitrogens is 4. The summed E-state index contributed by atoms with van der Waals surface area (Å²) in [5.41, 5.74) is 3.29.